The lowest BCUT2D eigenvalue weighted by Gasteiger charge is -2.11. The van der Waals surface area contributed by atoms with Crippen LogP contribution in [-0.2, 0) is 11.9 Å². The molecule has 1 N–H and O–H groups in total. The van der Waals surface area contributed by atoms with Crippen LogP contribution in [0.25, 0.3) is 16.9 Å². The minimum Gasteiger partial charge on any atom is -0.457 e. The lowest BCUT2D eigenvalue weighted by Crippen LogP contribution is -2.10. The number of para-hydroxylation sites is 1. The van der Waals surface area contributed by atoms with E-state index in [9.17, 15) is 13.2 Å². The highest BCUT2D eigenvalue weighted by Crippen LogP contribution is 2.33. The van der Waals surface area contributed by atoms with Gasteiger partial charge in [0.25, 0.3) is 0 Å². The number of alkyl halides is 3. The van der Waals surface area contributed by atoms with Gasteiger partial charge in [-0.1, -0.05) is 18.2 Å². The SMILES string of the molecule is FC(F)(F)c1cc(SCc2nc3ccc(Oc4ccccc4)cc3[nH]2)cc(-n2ccnc2)n1. The van der Waals surface area contributed by atoms with Gasteiger partial charge in [0.15, 0.2) is 0 Å². The zero-order chi connectivity index (χ0) is 22.8. The van der Waals surface area contributed by atoms with Crippen LogP contribution < -0.4 is 4.74 Å². The molecule has 0 fully saturated rings. The maximum Gasteiger partial charge on any atom is 0.433 e. The van der Waals surface area contributed by atoms with Gasteiger partial charge in [-0.2, -0.15) is 13.2 Å². The van der Waals surface area contributed by atoms with Crippen LogP contribution in [0, 0.1) is 0 Å². The molecule has 0 radical (unpaired) electrons. The summed E-state index contributed by atoms with van der Waals surface area (Å²) in [4.78, 5) is 15.8. The number of ether oxygens (including phenoxy) is 1. The molecule has 2 aromatic carbocycles. The molecular formula is C23H16F3N5OS. The van der Waals surface area contributed by atoms with Crippen LogP contribution in [0.4, 0.5) is 13.2 Å². The third-order valence-corrected chi connectivity index (χ3v) is 5.69. The van der Waals surface area contributed by atoms with Gasteiger partial charge in [-0.3, -0.25) is 4.57 Å². The molecule has 0 saturated carbocycles. The van der Waals surface area contributed by atoms with Crippen LogP contribution in [0.1, 0.15) is 11.5 Å². The monoisotopic (exact) mass is 467 g/mol. The molecule has 10 heteroatoms. The third-order valence-electron chi connectivity index (χ3n) is 4.70. The molecule has 0 spiro atoms. The maximum atomic E-state index is 13.4. The summed E-state index contributed by atoms with van der Waals surface area (Å²) in [6, 6.07) is 17.6. The van der Waals surface area contributed by atoms with Crippen molar-refractivity contribution >= 4 is 22.8 Å². The standard InChI is InChI=1S/C23H16F3N5OS/c24-23(25,26)20-11-17(12-22(30-20)31-9-8-27-14-31)33-13-21-28-18-7-6-16(10-19(18)29-21)32-15-4-2-1-3-5-15/h1-12,14H,13H2,(H,28,29). The summed E-state index contributed by atoms with van der Waals surface area (Å²) in [7, 11) is 0. The predicted octanol–water partition coefficient (Wildman–Crippen LogP) is 6.25. The average molecular weight is 467 g/mol. The van der Waals surface area contributed by atoms with Crippen LogP contribution in [0.2, 0.25) is 0 Å². The number of nitrogens with zero attached hydrogens (tertiary/aromatic N) is 4. The number of benzene rings is 2. The van der Waals surface area contributed by atoms with Gasteiger partial charge in [0.05, 0.1) is 16.8 Å². The summed E-state index contributed by atoms with van der Waals surface area (Å²) < 4.78 is 47.4. The van der Waals surface area contributed by atoms with E-state index < -0.39 is 11.9 Å². The highest BCUT2D eigenvalue weighted by molar-refractivity contribution is 7.98. The number of hydrogen-bond donors (Lipinski definition) is 1. The van der Waals surface area contributed by atoms with E-state index in [1.165, 1.54) is 28.9 Å². The van der Waals surface area contributed by atoms with E-state index in [0.717, 1.165) is 22.8 Å². The Kier molecular flexibility index (Phi) is 5.51. The second kappa shape index (κ2) is 8.62. The largest absolute Gasteiger partial charge is 0.457 e. The van der Waals surface area contributed by atoms with Crippen LogP contribution in [0.15, 0.2) is 84.3 Å². The lowest BCUT2D eigenvalue weighted by atomic mass is 10.3. The van der Waals surface area contributed by atoms with Crippen molar-refractivity contribution in [2.24, 2.45) is 0 Å². The van der Waals surface area contributed by atoms with Crippen LogP contribution in [0.3, 0.4) is 0 Å². The van der Waals surface area contributed by atoms with E-state index >= 15 is 0 Å². The number of halogens is 3. The highest BCUT2D eigenvalue weighted by atomic mass is 32.2. The third kappa shape index (κ3) is 4.85. The second-order valence-electron chi connectivity index (χ2n) is 7.08. The molecule has 6 nitrogen and oxygen atoms in total. The van der Waals surface area contributed by atoms with Gasteiger partial charge in [0, 0.05) is 23.4 Å². The highest BCUT2D eigenvalue weighted by Gasteiger charge is 2.33. The molecule has 5 aromatic rings. The number of pyridine rings is 1. The van der Waals surface area contributed by atoms with Gasteiger partial charge in [-0.05, 0) is 36.4 Å². The lowest BCUT2D eigenvalue weighted by molar-refractivity contribution is -0.141. The Morgan fingerprint density at radius 2 is 1.82 bits per heavy atom. The molecule has 166 valence electrons. The van der Waals surface area contributed by atoms with E-state index in [4.69, 9.17) is 4.74 Å². The summed E-state index contributed by atoms with van der Waals surface area (Å²) in [5, 5.41) is 0. The number of rotatable bonds is 6. The Morgan fingerprint density at radius 1 is 0.970 bits per heavy atom. The van der Waals surface area contributed by atoms with Gasteiger partial charge in [0.1, 0.15) is 35.2 Å². The fourth-order valence-corrected chi connectivity index (χ4v) is 4.02. The number of hydrogen-bond acceptors (Lipinski definition) is 5. The average Bonchev–Trinajstić information content (AvgIpc) is 3.47. The molecule has 0 aliphatic rings. The Bertz CT molecular complexity index is 1380. The van der Waals surface area contributed by atoms with Crippen molar-refractivity contribution in [1.82, 2.24) is 24.5 Å². The van der Waals surface area contributed by atoms with Gasteiger partial charge in [-0.25, -0.2) is 15.0 Å². The van der Waals surface area contributed by atoms with E-state index in [1.807, 2.05) is 48.5 Å². The van der Waals surface area contributed by atoms with Crippen molar-refractivity contribution in [1.29, 1.82) is 0 Å². The molecule has 3 heterocycles. The summed E-state index contributed by atoms with van der Waals surface area (Å²) in [6.45, 7) is 0. The van der Waals surface area contributed by atoms with Gasteiger partial charge >= 0.3 is 6.18 Å². The van der Waals surface area contributed by atoms with Crippen molar-refractivity contribution in [3.8, 4) is 17.3 Å². The number of H-pyrrole nitrogens is 1. The minimum atomic E-state index is -4.56. The van der Waals surface area contributed by atoms with Crippen molar-refractivity contribution in [2.45, 2.75) is 16.8 Å². The Balaban J connectivity index is 1.36. The maximum absolute atomic E-state index is 13.4. The Morgan fingerprint density at radius 3 is 2.58 bits per heavy atom. The van der Waals surface area contributed by atoms with Crippen molar-refractivity contribution in [3.05, 3.63) is 90.9 Å². The molecule has 33 heavy (non-hydrogen) atoms. The molecule has 0 atom stereocenters. The molecule has 0 bridgehead atoms. The minimum absolute atomic E-state index is 0.150. The predicted molar refractivity (Wildman–Crippen MR) is 119 cm³/mol. The summed E-state index contributed by atoms with van der Waals surface area (Å²) >= 11 is 1.24. The first-order valence-corrected chi connectivity index (χ1v) is 10.8. The van der Waals surface area contributed by atoms with Gasteiger partial charge < -0.3 is 9.72 Å². The number of thioether (sulfide) groups is 1. The van der Waals surface area contributed by atoms with E-state index in [1.54, 1.807) is 12.3 Å². The van der Waals surface area contributed by atoms with Crippen LogP contribution in [-0.4, -0.2) is 24.5 Å². The molecule has 0 aliphatic carbocycles. The van der Waals surface area contributed by atoms with Crippen LogP contribution >= 0.6 is 11.8 Å². The summed E-state index contributed by atoms with van der Waals surface area (Å²) in [6.07, 6.45) is -0.115. The first kappa shape index (κ1) is 21.1. The molecule has 0 aliphatic heterocycles. The van der Waals surface area contributed by atoms with Gasteiger partial charge in [-0.15, -0.1) is 11.8 Å². The fourth-order valence-electron chi connectivity index (χ4n) is 3.20. The number of imidazole rings is 2. The zero-order valence-corrected chi connectivity index (χ0v) is 17.8. The Labute approximate surface area is 190 Å². The zero-order valence-electron chi connectivity index (χ0n) is 17.0. The number of aromatic nitrogens is 5. The summed E-state index contributed by atoms with van der Waals surface area (Å²) in [5.74, 6) is 2.52. The van der Waals surface area contributed by atoms with E-state index in [-0.39, 0.29) is 5.82 Å². The number of fused-ring (bicyclic) bond motifs is 1. The topological polar surface area (TPSA) is 68.6 Å². The smallest absolute Gasteiger partial charge is 0.433 e. The molecule has 0 amide bonds. The van der Waals surface area contributed by atoms with E-state index in [0.29, 0.717) is 22.2 Å². The summed E-state index contributed by atoms with van der Waals surface area (Å²) in [5.41, 5.74) is 0.572. The molecular weight excluding hydrogens is 451 g/mol. The molecule has 5 rings (SSSR count). The Hall–Kier alpha value is -3.79. The number of nitrogens with one attached hydrogen (secondary N) is 1. The van der Waals surface area contributed by atoms with Crippen molar-refractivity contribution < 1.29 is 17.9 Å². The molecule has 3 aromatic heterocycles. The van der Waals surface area contributed by atoms with E-state index in [2.05, 4.69) is 19.9 Å². The van der Waals surface area contributed by atoms with Crippen molar-refractivity contribution in [3.63, 3.8) is 0 Å². The van der Waals surface area contributed by atoms with Crippen molar-refractivity contribution in [2.75, 3.05) is 0 Å². The fraction of sp³-hybridized carbons (Fsp3) is 0.0870. The van der Waals surface area contributed by atoms with Crippen LogP contribution in [0.5, 0.6) is 11.5 Å². The second-order valence-corrected chi connectivity index (χ2v) is 8.13. The quantitative estimate of drug-likeness (QED) is 0.299. The van der Waals surface area contributed by atoms with Gasteiger partial charge in [0.2, 0.25) is 0 Å². The first-order chi connectivity index (χ1) is 15.9. The first-order valence-electron chi connectivity index (χ1n) is 9.86. The normalized spacial score (nSPS) is 11.7. The molecule has 0 saturated heterocycles. The number of aromatic amines is 1. The molecule has 0 unspecified atom stereocenters.